The Kier molecular flexibility index (Phi) is 6.22. The van der Waals surface area contributed by atoms with Crippen LogP contribution in [0.3, 0.4) is 0 Å². The first-order valence-corrected chi connectivity index (χ1v) is 9.23. The van der Waals surface area contributed by atoms with E-state index in [2.05, 4.69) is 34.8 Å². The van der Waals surface area contributed by atoms with E-state index >= 15 is 0 Å². The van der Waals surface area contributed by atoms with E-state index in [0.29, 0.717) is 5.69 Å². The SMILES string of the molecule is CCCCN(CCCC)C(=O)c1c(C)nc2c(C)cc(Br)cn12. The average molecular weight is 380 g/mol. The summed E-state index contributed by atoms with van der Waals surface area (Å²) in [6, 6.07) is 2.03. The molecule has 2 aromatic heterocycles. The van der Waals surface area contributed by atoms with Crippen LogP contribution in [0, 0.1) is 13.8 Å². The lowest BCUT2D eigenvalue weighted by molar-refractivity contribution is 0.0743. The number of amides is 1. The quantitative estimate of drug-likeness (QED) is 0.695. The van der Waals surface area contributed by atoms with Gasteiger partial charge in [0.25, 0.3) is 5.91 Å². The zero-order valence-corrected chi connectivity index (χ0v) is 16.1. The second kappa shape index (κ2) is 7.95. The predicted octanol–water partition coefficient (Wildman–Crippen LogP) is 4.76. The molecule has 0 saturated heterocycles. The topological polar surface area (TPSA) is 37.6 Å². The first-order valence-electron chi connectivity index (χ1n) is 8.43. The Balaban J connectivity index is 2.43. The van der Waals surface area contributed by atoms with E-state index < -0.39 is 0 Å². The summed E-state index contributed by atoms with van der Waals surface area (Å²) in [6.07, 6.45) is 6.19. The molecule has 0 unspecified atom stereocenters. The first kappa shape index (κ1) is 18.0. The maximum Gasteiger partial charge on any atom is 0.272 e. The number of pyridine rings is 1. The van der Waals surface area contributed by atoms with Gasteiger partial charge in [-0.1, -0.05) is 26.7 Å². The van der Waals surface area contributed by atoms with Crippen molar-refractivity contribution in [1.29, 1.82) is 0 Å². The van der Waals surface area contributed by atoms with E-state index in [9.17, 15) is 4.79 Å². The van der Waals surface area contributed by atoms with Gasteiger partial charge in [0, 0.05) is 23.8 Å². The number of aromatic nitrogens is 2. The minimum atomic E-state index is 0.0920. The molecule has 5 heteroatoms. The zero-order chi connectivity index (χ0) is 17.0. The maximum absolute atomic E-state index is 13.1. The van der Waals surface area contributed by atoms with Crippen molar-refractivity contribution in [2.24, 2.45) is 0 Å². The molecule has 0 aliphatic heterocycles. The Morgan fingerprint density at radius 2 is 1.83 bits per heavy atom. The Labute approximate surface area is 147 Å². The molecular weight excluding hydrogens is 354 g/mol. The minimum absolute atomic E-state index is 0.0920. The van der Waals surface area contributed by atoms with Gasteiger partial charge in [-0.2, -0.15) is 0 Å². The molecule has 0 aliphatic rings. The summed E-state index contributed by atoms with van der Waals surface area (Å²) >= 11 is 3.52. The predicted molar refractivity (Wildman–Crippen MR) is 98.1 cm³/mol. The molecule has 0 atom stereocenters. The van der Waals surface area contributed by atoms with Crippen LogP contribution in [-0.2, 0) is 0 Å². The summed E-state index contributed by atoms with van der Waals surface area (Å²) in [6.45, 7) is 9.88. The number of rotatable bonds is 7. The van der Waals surface area contributed by atoms with Crippen LogP contribution in [-0.4, -0.2) is 33.3 Å². The van der Waals surface area contributed by atoms with Crippen molar-refractivity contribution in [1.82, 2.24) is 14.3 Å². The van der Waals surface area contributed by atoms with Gasteiger partial charge in [-0.05, 0) is 54.2 Å². The minimum Gasteiger partial charge on any atom is -0.337 e. The van der Waals surface area contributed by atoms with Crippen molar-refractivity contribution in [3.8, 4) is 0 Å². The van der Waals surface area contributed by atoms with Crippen LogP contribution in [0.1, 0.15) is 61.3 Å². The largest absolute Gasteiger partial charge is 0.337 e. The maximum atomic E-state index is 13.1. The third kappa shape index (κ3) is 3.94. The second-order valence-corrected chi connectivity index (χ2v) is 7.00. The van der Waals surface area contributed by atoms with Gasteiger partial charge in [0.05, 0.1) is 5.69 Å². The van der Waals surface area contributed by atoms with Crippen LogP contribution in [0.15, 0.2) is 16.7 Å². The molecule has 0 aliphatic carbocycles. The summed E-state index contributed by atoms with van der Waals surface area (Å²) in [4.78, 5) is 19.7. The number of fused-ring (bicyclic) bond motifs is 1. The number of halogens is 1. The highest BCUT2D eigenvalue weighted by Crippen LogP contribution is 2.22. The van der Waals surface area contributed by atoms with Gasteiger partial charge >= 0.3 is 0 Å². The third-order valence-corrected chi connectivity index (χ3v) is 4.53. The molecule has 0 saturated carbocycles. The lowest BCUT2D eigenvalue weighted by Crippen LogP contribution is -2.34. The van der Waals surface area contributed by atoms with Crippen molar-refractivity contribution >= 4 is 27.5 Å². The van der Waals surface area contributed by atoms with Crippen LogP contribution in [0.4, 0.5) is 0 Å². The van der Waals surface area contributed by atoms with Gasteiger partial charge < -0.3 is 4.90 Å². The van der Waals surface area contributed by atoms with E-state index in [1.807, 2.05) is 35.4 Å². The van der Waals surface area contributed by atoms with Gasteiger partial charge in [-0.15, -0.1) is 0 Å². The molecular formula is C18H26BrN3O. The highest BCUT2D eigenvalue weighted by atomic mass is 79.9. The van der Waals surface area contributed by atoms with Crippen molar-refractivity contribution in [2.45, 2.75) is 53.4 Å². The van der Waals surface area contributed by atoms with Gasteiger partial charge in [0.1, 0.15) is 11.3 Å². The second-order valence-electron chi connectivity index (χ2n) is 6.08. The Hall–Kier alpha value is -1.36. The Morgan fingerprint density at radius 1 is 1.22 bits per heavy atom. The van der Waals surface area contributed by atoms with E-state index in [0.717, 1.165) is 60.2 Å². The summed E-state index contributed by atoms with van der Waals surface area (Å²) in [5.41, 5.74) is 3.42. The van der Waals surface area contributed by atoms with Crippen molar-refractivity contribution in [2.75, 3.05) is 13.1 Å². The fraction of sp³-hybridized carbons (Fsp3) is 0.556. The molecule has 0 fully saturated rings. The number of nitrogens with zero attached hydrogens (tertiary/aromatic N) is 3. The molecule has 0 N–H and O–H groups in total. The van der Waals surface area contributed by atoms with E-state index in [4.69, 9.17) is 0 Å². The van der Waals surface area contributed by atoms with Gasteiger partial charge in [-0.3, -0.25) is 9.20 Å². The summed E-state index contributed by atoms with van der Waals surface area (Å²) in [5, 5.41) is 0. The Morgan fingerprint density at radius 3 is 2.39 bits per heavy atom. The molecule has 2 aromatic rings. The highest BCUT2D eigenvalue weighted by molar-refractivity contribution is 9.10. The molecule has 23 heavy (non-hydrogen) atoms. The van der Waals surface area contributed by atoms with Crippen LogP contribution >= 0.6 is 15.9 Å². The number of carbonyl (C=O) groups is 1. The first-order chi connectivity index (χ1) is 11.0. The van der Waals surface area contributed by atoms with Crippen LogP contribution in [0.25, 0.3) is 5.65 Å². The molecule has 0 radical (unpaired) electrons. The molecule has 4 nitrogen and oxygen atoms in total. The number of aryl methyl sites for hydroxylation is 2. The fourth-order valence-corrected chi connectivity index (χ4v) is 3.35. The summed E-state index contributed by atoms with van der Waals surface area (Å²) < 4.78 is 2.89. The van der Waals surface area contributed by atoms with E-state index in [-0.39, 0.29) is 5.91 Å². The molecule has 1 amide bonds. The monoisotopic (exact) mass is 379 g/mol. The molecule has 0 spiro atoms. The molecule has 126 valence electrons. The van der Waals surface area contributed by atoms with E-state index in [1.54, 1.807) is 0 Å². The summed E-state index contributed by atoms with van der Waals surface area (Å²) in [5.74, 6) is 0.0920. The van der Waals surface area contributed by atoms with Gasteiger partial charge in [-0.25, -0.2) is 4.98 Å². The number of carbonyl (C=O) groups excluding carboxylic acids is 1. The fourth-order valence-electron chi connectivity index (χ4n) is 2.80. The molecule has 0 bridgehead atoms. The lowest BCUT2D eigenvalue weighted by Gasteiger charge is -2.22. The van der Waals surface area contributed by atoms with Crippen LogP contribution in [0.5, 0.6) is 0 Å². The lowest BCUT2D eigenvalue weighted by atomic mass is 10.2. The summed E-state index contributed by atoms with van der Waals surface area (Å²) in [7, 11) is 0. The molecule has 2 rings (SSSR count). The zero-order valence-electron chi connectivity index (χ0n) is 14.5. The van der Waals surface area contributed by atoms with Crippen molar-refractivity contribution in [3.63, 3.8) is 0 Å². The van der Waals surface area contributed by atoms with Crippen molar-refractivity contribution in [3.05, 3.63) is 33.7 Å². The van der Waals surface area contributed by atoms with Crippen molar-refractivity contribution < 1.29 is 4.79 Å². The van der Waals surface area contributed by atoms with Crippen LogP contribution < -0.4 is 0 Å². The highest BCUT2D eigenvalue weighted by Gasteiger charge is 2.22. The number of unbranched alkanes of at least 4 members (excludes halogenated alkanes) is 2. The van der Waals surface area contributed by atoms with Gasteiger partial charge in [0.15, 0.2) is 0 Å². The average Bonchev–Trinajstić information content (AvgIpc) is 2.83. The smallest absolute Gasteiger partial charge is 0.272 e. The third-order valence-electron chi connectivity index (χ3n) is 4.10. The number of hydrogen-bond donors (Lipinski definition) is 0. The van der Waals surface area contributed by atoms with Crippen LogP contribution in [0.2, 0.25) is 0 Å². The van der Waals surface area contributed by atoms with Gasteiger partial charge in [0.2, 0.25) is 0 Å². The molecule has 2 heterocycles. The number of hydrogen-bond acceptors (Lipinski definition) is 2. The standard InChI is InChI=1S/C18H26BrN3O/c1-5-7-9-21(10-8-6-2)18(23)16-14(4)20-17-13(3)11-15(19)12-22(16)17/h11-12H,5-10H2,1-4H3. The number of imidazole rings is 1. The molecule has 0 aromatic carbocycles. The Bertz CT molecular complexity index is 685. The normalized spacial score (nSPS) is 11.2. The van der Waals surface area contributed by atoms with E-state index in [1.165, 1.54) is 0 Å².